The molecule has 4 heteroatoms. The van der Waals surface area contributed by atoms with Gasteiger partial charge in [-0.3, -0.25) is 0 Å². The van der Waals surface area contributed by atoms with Gasteiger partial charge in [-0.05, 0) is 12.1 Å². The van der Waals surface area contributed by atoms with Crippen LogP contribution in [0.1, 0.15) is 24.2 Å². The molecule has 2 rings (SSSR count). The Labute approximate surface area is 101 Å². The molecule has 4 nitrogen and oxygen atoms in total. The number of fused-ring (bicyclic) bond motifs is 1. The van der Waals surface area contributed by atoms with Crippen molar-refractivity contribution in [1.82, 2.24) is 0 Å². The Morgan fingerprint density at radius 2 is 2.24 bits per heavy atom. The summed E-state index contributed by atoms with van der Waals surface area (Å²) in [6.45, 7) is 5.61. The van der Waals surface area contributed by atoms with Crippen molar-refractivity contribution in [2.45, 2.75) is 13.8 Å². The third-order valence-electron chi connectivity index (χ3n) is 2.78. The summed E-state index contributed by atoms with van der Waals surface area (Å²) in [5.74, 6) is 0.216. The zero-order chi connectivity index (χ0) is 12.5. The number of carbonyl (C=O) groups is 1. The Bertz CT molecular complexity index is 440. The standard InChI is InChI=1S/C13H17NO3/c1-13(2)7-14-10-6-4-5-9(12(15)16-3)11(10)17-8-13/h4-6,14H,7-8H2,1-3H3. The second-order valence-electron chi connectivity index (χ2n) is 4.98. The summed E-state index contributed by atoms with van der Waals surface area (Å²) in [6, 6.07) is 5.44. The van der Waals surface area contributed by atoms with Gasteiger partial charge in [-0.2, -0.15) is 0 Å². The van der Waals surface area contributed by atoms with Gasteiger partial charge in [0.05, 0.1) is 19.4 Å². The summed E-state index contributed by atoms with van der Waals surface area (Å²) in [6.07, 6.45) is 0. The maximum absolute atomic E-state index is 11.6. The van der Waals surface area contributed by atoms with Gasteiger partial charge in [0.2, 0.25) is 0 Å². The minimum atomic E-state index is -0.372. The second-order valence-corrected chi connectivity index (χ2v) is 4.98. The first kappa shape index (κ1) is 11.8. The number of esters is 1. The predicted molar refractivity (Wildman–Crippen MR) is 65.5 cm³/mol. The highest BCUT2D eigenvalue weighted by Gasteiger charge is 2.26. The first-order valence-corrected chi connectivity index (χ1v) is 5.61. The van der Waals surface area contributed by atoms with Crippen molar-refractivity contribution < 1.29 is 14.3 Å². The van der Waals surface area contributed by atoms with Crippen LogP contribution in [0.2, 0.25) is 0 Å². The van der Waals surface area contributed by atoms with Gasteiger partial charge in [-0.25, -0.2) is 4.79 Å². The van der Waals surface area contributed by atoms with E-state index in [4.69, 9.17) is 9.47 Å². The van der Waals surface area contributed by atoms with Crippen LogP contribution in [0.3, 0.4) is 0 Å². The molecule has 0 radical (unpaired) electrons. The largest absolute Gasteiger partial charge is 0.490 e. The van der Waals surface area contributed by atoms with Crippen molar-refractivity contribution in [3.63, 3.8) is 0 Å². The van der Waals surface area contributed by atoms with Crippen molar-refractivity contribution in [2.24, 2.45) is 5.41 Å². The zero-order valence-corrected chi connectivity index (χ0v) is 10.4. The number of rotatable bonds is 1. The number of hydrogen-bond donors (Lipinski definition) is 1. The number of methoxy groups -OCH3 is 1. The number of carbonyl (C=O) groups excluding carboxylic acids is 1. The smallest absolute Gasteiger partial charge is 0.341 e. The molecule has 0 atom stereocenters. The molecule has 1 aliphatic rings. The van der Waals surface area contributed by atoms with Crippen LogP contribution in [0.25, 0.3) is 0 Å². The molecule has 0 bridgehead atoms. The molecule has 0 saturated heterocycles. The van der Waals surface area contributed by atoms with Gasteiger partial charge in [0, 0.05) is 12.0 Å². The Morgan fingerprint density at radius 1 is 1.47 bits per heavy atom. The van der Waals surface area contributed by atoms with Gasteiger partial charge in [0.15, 0.2) is 5.75 Å². The third kappa shape index (κ3) is 2.35. The van der Waals surface area contributed by atoms with Crippen LogP contribution in [0.15, 0.2) is 18.2 Å². The summed E-state index contributed by atoms with van der Waals surface area (Å²) in [7, 11) is 1.37. The molecule has 17 heavy (non-hydrogen) atoms. The first-order chi connectivity index (χ1) is 8.03. The minimum Gasteiger partial charge on any atom is -0.490 e. The van der Waals surface area contributed by atoms with E-state index in [1.54, 1.807) is 6.07 Å². The van der Waals surface area contributed by atoms with E-state index in [0.717, 1.165) is 12.2 Å². The molecule has 1 aromatic carbocycles. The maximum Gasteiger partial charge on any atom is 0.341 e. The summed E-state index contributed by atoms with van der Waals surface area (Å²) >= 11 is 0. The lowest BCUT2D eigenvalue weighted by Gasteiger charge is -2.20. The monoisotopic (exact) mass is 235 g/mol. The van der Waals surface area contributed by atoms with Crippen LogP contribution in [0.4, 0.5) is 5.69 Å². The maximum atomic E-state index is 11.6. The van der Waals surface area contributed by atoms with Gasteiger partial charge < -0.3 is 14.8 Å². The van der Waals surface area contributed by atoms with Gasteiger partial charge >= 0.3 is 5.97 Å². The van der Waals surface area contributed by atoms with E-state index in [1.807, 2.05) is 12.1 Å². The molecule has 0 amide bonds. The average Bonchev–Trinajstić information content (AvgIpc) is 2.47. The molecular weight excluding hydrogens is 218 g/mol. The van der Waals surface area contributed by atoms with Gasteiger partial charge in [0.1, 0.15) is 5.56 Å². The molecule has 1 aromatic rings. The highest BCUT2D eigenvalue weighted by Crippen LogP contribution is 2.34. The number of benzene rings is 1. The number of nitrogens with one attached hydrogen (secondary N) is 1. The van der Waals surface area contributed by atoms with Crippen molar-refractivity contribution in [1.29, 1.82) is 0 Å². The minimum absolute atomic E-state index is 0.0341. The molecular formula is C13H17NO3. The normalized spacial score (nSPS) is 17.1. The van der Waals surface area contributed by atoms with Crippen LogP contribution in [-0.2, 0) is 4.74 Å². The van der Waals surface area contributed by atoms with Crippen LogP contribution in [-0.4, -0.2) is 26.2 Å². The number of anilines is 1. The highest BCUT2D eigenvalue weighted by molar-refractivity contribution is 5.94. The van der Waals surface area contributed by atoms with Crippen molar-refractivity contribution >= 4 is 11.7 Å². The average molecular weight is 235 g/mol. The van der Waals surface area contributed by atoms with E-state index >= 15 is 0 Å². The van der Waals surface area contributed by atoms with Crippen LogP contribution >= 0.6 is 0 Å². The fraction of sp³-hybridized carbons (Fsp3) is 0.462. The number of ether oxygens (including phenoxy) is 2. The van der Waals surface area contributed by atoms with Crippen LogP contribution in [0.5, 0.6) is 5.75 Å². The van der Waals surface area contributed by atoms with Gasteiger partial charge in [-0.15, -0.1) is 0 Å². The lowest BCUT2D eigenvalue weighted by Crippen LogP contribution is -2.27. The quantitative estimate of drug-likeness (QED) is 0.759. The van der Waals surface area contributed by atoms with E-state index < -0.39 is 0 Å². The summed E-state index contributed by atoms with van der Waals surface area (Å²) in [5.41, 5.74) is 1.35. The zero-order valence-electron chi connectivity index (χ0n) is 10.4. The predicted octanol–water partition coefficient (Wildman–Crippen LogP) is 2.30. The molecule has 0 aliphatic carbocycles. The van der Waals surface area contributed by atoms with E-state index in [-0.39, 0.29) is 11.4 Å². The van der Waals surface area contributed by atoms with Crippen LogP contribution < -0.4 is 10.1 Å². The Morgan fingerprint density at radius 3 is 2.94 bits per heavy atom. The van der Waals surface area contributed by atoms with Crippen molar-refractivity contribution in [3.05, 3.63) is 23.8 Å². The van der Waals surface area contributed by atoms with Crippen LogP contribution in [0, 0.1) is 5.41 Å². The lowest BCUT2D eigenvalue weighted by atomic mass is 9.95. The molecule has 1 aliphatic heterocycles. The number of hydrogen-bond acceptors (Lipinski definition) is 4. The lowest BCUT2D eigenvalue weighted by molar-refractivity contribution is 0.0594. The summed E-state index contributed by atoms with van der Waals surface area (Å²) in [4.78, 5) is 11.6. The van der Waals surface area contributed by atoms with Crippen molar-refractivity contribution in [2.75, 3.05) is 25.6 Å². The van der Waals surface area contributed by atoms with Gasteiger partial charge in [0.25, 0.3) is 0 Å². The van der Waals surface area contributed by atoms with E-state index in [0.29, 0.717) is 17.9 Å². The SMILES string of the molecule is COC(=O)c1cccc2c1OCC(C)(C)CN2. The molecule has 1 heterocycles. The van der Waals surface area contributed by atoms with E-state index in [2.05, 4.69) is 19.2 Å². The topological polar surface area (TPSA) is 47.6 Å². The highest BCUT2D eigenvalue weighted by atomic mass is 16.5. The molecule has 92 valence electrons. The van der Waals surface area contributed by atoms with Crippen molar-refractivity contribution in [3.8, 4) is 5.75 Å². The fourth-order valence-corrected chi connectivity index (χ4v) is 1.76. The Kier molecular flexibility index (Phi) is 2.96. The summed E-state index contributed by atoms with van der Waals surface area (Å²) in [5, 5.41) is 3.30. The third-order valence-corrected chi connectivity index (χ3v) is 2.78. The van der Waals surface area contributed by atoms with E-state index in [9.17, 15) is 4.79 Å². The Balaban J connectivity index is 2.39. The molecule has 0 aromatic heterocycles. The molecule has 1 N–H and O–H groups in total. The molecule has 0 saturated carbocycles. The van der Waals surface area contributed by atoms with E-state index in [1.165, 1.54) is 7.11 Å². The molecule has 0 spiro atoms. The number of para-hydroxylation sites is 1. The second kappa shape index (κ2) is 4.28. The molecule has 0 fully saturated rings. The first-order valence-electron chi connectivity index (χ1n) is 5.61. The Hall–Kier alpha value is -1.71. The molecule has 0 unspecified atom stereocenters. The fourth-order valence-electron chi connectivity index (χ4n) is 1.76. The summed E-state index contributed by atoms with van der Waals surface area (Å²) < 4.78 is 10.5. The van der Waals surface area contributed by atoms with Gasteiger partial charge in [-0.1, -0.05) is 19.9 Å².